The molecule has 0 radical (unpaired) electrons. The molecule has 59 heavy (non-hydrogen) atoms. The van der Waals surface area contributed by atoms with E-state index in [0.717, 1.165) is 0 Å². The van der Waals surface area contributed by atoms with E-state index in [1.54, 1.807) is 27.7 Å². The normalized spacial score (nSPS) is 17.7. The third-order valence-corrected chi connectivity index (χ3v) is 9.44. The third kappa shape index (κ3) is 16.5. The second kappa shape index (κ2) is 24.1. The summed E-state index contributed by atoms with van der Waals surface area (Å²) in [4.78, 5) is 139. The number of nitrogens with two attached hydrogens (primary N) is 1. The average molecular weight is 845 g/mol. The number of amides is 7. The van der Waals surface area contributed by atoms with E-state index in [1.807, 2.05) is 10.6 Å². The molecule has 0 bridgehead atoms. The van der Waals surface area contributed by atoms with Crippen LogP contribution in [0, 0.1) is 11.8 Å². The number of likely N-dealkylation sites (tertiary alicyclic amines) is 1. The Bertz CT molecular complexity index is 1590. The Morgan fingerprint density at radius 3 is 1.64 bits per heavy atom. The summed E-state index contributed by atoms with van der Waals surface area (Å²) < 4.78 is 0. The molecule has 24 heteroatoms. The van der Waals surface area contributed by atoms with Crippen molar-refractivity contribution >= 4 is 65.2 Å². The summed E-state index contributed by atoms with van der Waals surface area (Å²) in [6.07, 6.45) is -2.19. The molecule has 0 aliphatic carbocycles. The zero-order valence-electron chi connectivity index (χ0n) is 33.4. The van der Waals surface area contributed by atoms with Crippen LogP contribution in [0.4, 0.5) is 0 Å². The highest BCUT2D eigenvalue weighted by Gasteiger charge is 2.41. The number of hydrogen-bond acceptors (Lipinski definition) is 13. The standard InChI is InChI=1S/C35H56N8O16/c1-6-16(4)27(34(57)43-11-7-8-22(43)33(56)40-21(14-44)32(55)41-26(15(2)3)35(58)59)42-28(51)17(5)37-30(53)19(12-24(47)48)39-31(54)20(13-25(49)50)38-29(52)18(36)9-10-23(45)46/h15-22,26-27,44H,6-14,36H2,1-5H3,(H,37,53)(H,38,52)(H,39,54)(H,40,56)(H,41,55)(H,42,51)(H,45,46)(H,47,48)(H,49,50)(H,58,59)/t16-,17-,18-,19-,20-,21-,22-,26-,27-/m0/s1. The van der Waals surface area contributed by atoms with Crippen LogP contribution in [0.15, 0.2) is 0 Å². The lowest BCUT2D eigenvalue weighted by Crippen LogP contribution is -2.61. The number of nitrogens with one attached hydrogen (secondary N) is 6. The first-order chi connectivity index (χ1) is 27.4. The van der Waals surface area contributed by atoms with Crippen LogP contribution in [0.2, 0.25) is 0 Å². The van der Waals surface area contributed by atoms with Crippen LogP contribution >= 0.6 is 0 Å². The summed E-state index contributed by atoms with van der Waals surface area (Å²) in [5, 5.41) is 60.2. The predicted molar refractivity (Wildman–Crippen MR) is 200 cm³/mol. The van der Waals surface area contributed by atoms with E-state index in [2.05, 4.69) is 21.3 Å². The van der Waals surface area contributed by atoms with E-state index in [4.69, 9.17) is 10.8 Å². The molecule has 1 heterocycles. The fourth-order valence-corrected chi connectivity index (χ4v) is 5.78. The molecule has 7 amide bonds. The summed E-state index contributed by atoms with van der Waals surface area (Å²) >= 11 is 0. The first-order valence-corrected chi connectivity index (χ1v) is 18.8. The van der Waals surface area contributed by atoms with Crippen LogP contribution in [0.1, 0.15) is 79.6 Å². The molecule has 332 valence electrons. The van der Waals surface area contributed by atoms with E-state index >= 15 is 0 Å². The van der Waals surface area contributed by atoms with Gasteiger partial charge in [0.1, 0.15) is 42.3 Å². The van der Waals surface area contributed by atoms with Gasteiger partial charge in [0.2, 0.25) is 41.4 Å². The van der Waals surface area contributed by atoms with E-state index in [9.17, 15) is 73.2 Å². The molecule has 0 aromatic carbocycles. The summed E-state index contributed by atoms with van der Waals surface area (Å²) in [6.45, 7) is 6.78. The molecule has 0 spiro atoms. The van der Waals surface area contributed by atoms with Gasteiger partial charge in [-0.3, -0.25) is 47.9 Å². The van der Waals surface area contributed by atoms with Gasteiger partial charge in [-0.2, -0.15) is 0 Å². The topological polar surface area (TPSA) is 390 Å². The molecule has 9 atom stereocenters. The Hall–Kier alpha value is -5.91. The largest absolute Gasteiger partial charge is 0.481 e. The lowest BCUT2D eigenvalue weighted by Gasteiger charge is -2.32. The highest BCUT2D eigenvalue weighted by molar-refractivity contribution is 5.99. The Balaban J connectivity index is 3.14. The zero-order valence-corrected chi connectivity index (χ0v) is 33.4. The molecule has 0 saturated carbocycles. The van der Waals surface area contributed by atoms with Crippen LogP contribution < -0.4 is 37.6 Å². The SMILES string of the molecule is CC[C@H](C)[C@H](NC(=O)[C@H](C)NC(=O)[C@H](CC(=O)O)NC(=O)[C@H](CC(=O)O)NC(=O)[C@@H](N)CCC(=O)O)C(=O)N1CCC[C@H]1C(=O)N[C@@H](CO)C(=O)N[C@H](C(=O)O)C(C)C. The van der Waals surface area contributed by atoms with Crippen molar-refractivity contribution in [1.29, 1.82) is 0 Å². The lowest BCUT2D eigenvalue weighted by molar-refractivity contribution is -0.145. The summed E-state index contributed by atoms with van der Waals surface area (Å²) in [5.74, 6) is -14.0. The average Bonchev–Trinajstić information content (AvgIpc) is 3.65. The quantitative estimate of drug-likeness (QED) is 0.0415. The number of carboxylic acids is 4. The number of nitrogens with zero attached hydrogens (tertiary/aromatic N) is 1. The van der Waals surface area contributed by atoms with Gasteiger partial charge >= 0.3 is 23.9 Å². The Morgan fingerprint density at radius 2 is 1.17 bits per heavy atom. The number of aliphatic hydroxyl groups is 1. The van der Waals surface area contributed by atoms with Gasteiger partial charge in [-0.15, -0.1) is 0 Å². The van der Waals surface area contributed by atoms with Crippen molar-refractivity contribution in [3.63, 3.8) is 0 Å². The number of aliphatic hydroxyl groups excluding tert-OH is 1. The van der Waals surface area contributed by atoms with E-state index in [0.29, 0.717) is 12.8 Å². The molecule has 1 rings (SSSR count). The molecule has 1 saturated heterocycles. The van der Waals surface area contributed by atoms with Crippen molar-refractivity contribution in [2.24, 2.45) is 17.6 Å². The number of carboxylic acid groups (broad SMARTS) is 4. The number of hydrogen-bond donors (Lipinski definition) is 12. The number of carbonyl (C=O) groups excluding carboxylic acids is 7. The van der Waals surface area contributed by atoms with Crippen molar-refractivity contribution in [3.05, 3.63) is 0 Å². The van der Waals surface area contributed by atoms with Gasteiger partial charge in [-0.05, 0) is 38.0 Å². The Kier molecular flexibility index (Phi) is 20.9. The van der Waals surface area contributed by atoms with Crippen molar-refractivity contribution in [3.8, 4) is 0 Å². The van der Waals surface area contributed by atoms with Gasteiger partial charge < -0.3 is 68.1 Å². The molecule has 0 aromatic heterocycles. The van der Waals surface area contributed by atoms with Crippen LogP contribution in [-0.4, -0.2) is 157 Å². The Labute approximate surface area is 338 Å². The fourth-order valence-electron chi connectivity index (χ4n) is 5.78. The summed E-state index contributed by atoms with van der Waals surface area (Å²) in [5.41, 5.74) is 5.63. The minimum absolute atomic E-state index is 0.0601. The monoisotopic (exact) mass is 844 g/mol. The second-order valence-electron chi connectivity index (χ2n) is 14.5. The van der Waals surface area contributed by atoms with Gasteiger partial charge in [-0.1, -0.05) is 34.1 Å². The molecular formula is C35H56N8O16. The van der Waals surface area contributed by atoms with Crippen molar-refractivity contribution in [2.45, 2.75) is 128 Å². The van der Waals surface area contributed by atoms with Crippen LogP contribution in [0.5, 0.6) is 0 Å². The zero-order chi connectivity index (χ0) is 45.3. The lowest BCUT2D eigenvalue weighted by atomic mass is 9.97. The van der Waals surface area contributed by atoms with Crippen LogP contribution in [0.25, 0.3) is 0 Å². The predicted octanol–water partition coefficient (Wildman–Crippen LogP) is -4.17. The van der Waals surface area contributed by atoms with E-state index < -0.39 is 151 Å². The number of rotatable bonds is 25. The van der Waals surface area contributed by atoms with Crippen molar-refractivity contribution < 1.29 is 78.3 Å². The molecule has 0 unspecified atom stereocenters. The molecule has 24 nitrogen and oxygen atoms in total. The van der Waals surface area contributed by atoms with E-state index in [-0.39, 0.29) is 19.4 Å². The van der Waals surface area contributed by atoms with Gasteiger partial charge in [-0.25, -0.2) is 4.79 Å². The number of carbonyl (C=O) groups is 11. The molecule has 1 aliphatic heterocycles. The minimum atomic E-state index is -1.93. The fraction of sp³-hybridized carbons (Fsp3) is 0.686. The highest BCUT2D eigenvalue weighted by atomic mass is 16.4. The molecular weight excluding hydrogens is 788 g/mol. The van der Waals surface area contributed by atoms with Gasteiger partial charge in [0.05, 0.1) is 25.5 Å². The first-order valence-electron chi connectivity index (χ1n) is 18.8. The Morgan fingerprint density at radius 1 is 0.661 bits per heavy atom. The highest BCUT2D eigenvalue weighted by Crippen LogP contribution is 2.22. The molecule has 1 aliphatic rings. The minimum Gasteiger partial charge on any atom is -0.481 e. The molecule has 13 N–H and O–H groups in total. The smallest absolute Gasteiger partial charge is 0.326 e. The third-order valence-electron chi connectivity index (χ3n) is 9.44. The van der Waals surface area contributed by atoms with Crippen LogP contribution in [0.3, 0.4) is 0 Å². The van der Waals surface area contributed by atoms with Gasteiger partial charge in [0.15, 0.2) is 0 Å². The van der Waals surface area contributed by atoms with Crippen molar-refractivity contribution in [2.75, 3.05) is 13.2 Å². The van der Waals surface area contributed by atoms with E-state index in [1.165, 1.54) is 11.8 Å². The summed E-state index contributed by atoms with van der Waals surface area (Å²) in [7, 11) is 0. The first kappa shape index (κ1) is 51.1. The maximum Gasteiger partial charge on any atom is 0.326 e. The maximum absolute atomic E-state index is 13.9. The second-order valence-corrected chi connectivity index (χ2v) is 14.5. The van der Waals surface area contributed by atoms with Crippen molar-refractivity contribution in [1.82, 2.24) is 36.8 Å². The van der Waals surface area contributed by atoms with Gasteiger partial charge in [0, 0.05) is 13.0 Å². The summed E-state index contributed by atoms with van der Waals surface area (Å²) in [6, 6.07) is -12.1. The van der Waals surface area contributed by atoms with Gasteiger partial charge in [0.25, 0.3) is 0 Å². The molecule has 1 fully saturated rings. The van der Waals surface area contributed by atoms with Crippen LogP contribution in [-0.2, 0) is 52.7 Å². The maximum atomic E-state index is 13.9. The molecule has 0 aromatic rings. The number of aliphatic carboxylic acids is 4.